The largest absolute Gasteiger partial charge is 0.327 e. The van der Waals surface area contributed by atoms with Gasteiger partial charge in [0.25, 0.3) is 0 Å². The summed E-state index contributed by atoms with van der Waals surface area (Å²) in [4.78, 5) is 0. The van der Waals surface area contributed by atoms with Crippen LogP contribution >= 0.6 is 0 Å². The van der Waals surface area contributed by atoms with Crippen molar-refractivity contribution in [2.45, 2.75) is 52.0 Å². The molecule has 3 atom stereocenters. The van der Waals surface area contributed by atoms with Crippen LogP contribution in [0.5, 0.6) is 0 Å². The molecule has 1 fully saturated rings. The normalized spacial score (nSPS) is 26.0. The molecule has 3 unspecified atom stereocenters. The fourth-order valence-corrected chi connectivity index (χ4v) is 3.19. The molecule has 0 aromatic heterocycles. The van der Waals surface area contributed by atoms with E-state index in [1.165, 1.54) is 0 Å². The van der Waals surface area contributed by atoms with Gasteiger partial charge in [0.05, 0.1) is 24.3 Å². The summed E-state index contributed by atoms with van der Waals surface area (Å²) in [7, 11) is 0. The molecule has 0 heterocycles. The summed E-state index contributed by atoms with van der Waals surface area (Å²) in [5, 5.41) is 36.8. The maximum Gasteiger partial charge on any atom is 0.141 e. The predicted molar refractivity (Wildman–Crippen MR) is 76.7 cm³/mol. The fourth-order valence-electron chi connectivity index (χ4n) is 3.19. The van der Waals surface area contributed by atoms with Crippen LogP contribution in [0.1, 0.15) is 46.0 Å². The SMILES string of the molecule is CC(C#N)(C#N)CC1CCCC(N)C1CC(C)(C#N)C#N. The second-order valence-corrected chi connectivity index (χ2v) is 6.54. The Bertz CT molecular complexity index is 511. The summed E-state index contributed by atoms with van der Waals surface area (Å²) in [6, 6.07) is 8.18. The second kappa shape index (κ2) is 6.58. The molecule has 0 saturated heterocycles. The Morgan fingerprint density at radius 1 is 0.905 bits per heavy atom. The van der Waals surface area contributed by atoms with Gasteiger partial charge in [0.2, 0.25) is 0 Å². The molecule has 1 saturated carbocycles. The van der Waals surface area contributed by atoms with E-state index in [4.69, 9.17) is 5.73 Å². The van der Waals surface area contributed by atoms with Crippen molar-refractivity contribution in [1.29, 1.82) is 21.0 Å². The molecule has 0 aromatic carbocycles. The van der Waals surface area contributed by atoms with Gasteiger partial charge in [0, 0.05) is 6.04 Å². The van der Waals surface area contributed by atoms with Gasteiger partial charge in [-0.2, -0.15) is 21.0 Å². The molecule has 0 aromatic rings. The highest BCUT2D eigenvalue weighted by Crippen LogP contribution is 2.42. The van der Waals surface area contributed by atoms with E-state index in [9.17, 15) is 21.0 Å². The highest BCUT2D eigenvalue weighted by molar-refractivity contribution is 5.15. The summed E-state index contributed by atoms with van der Waals surface area (Å²) >= 11 is 0. The van der Waals surface area contributed by atoms with Gasteiger partial charge in [0.15, 0.2) is 0 Å². The third-order valence-corrected chi connectivity index (χ3v) is 4.57. The summed E-state index contributed by atoms with van der Waals surface area (Å²) < 4.78 is 0. The molecule has 0 bridgehead atoms. The standard InChI is InChI=1S/C16H21N5/c1-15(8-17,9-18)6-12-4-3-5-14(21)13(12)7-16(2,10-19)11-20/h12-14H,3-7,21H2,1-2H3. The Morgan fingerprint density at radius 3 is 1.86 bits per heavy atom. The summed E-state index contributed by atoms with van der Waals surface area (Å²) in [6.07, 6.45) is 3.57. The van der Waals surface area contributed by atoms with Crippen LogP contribution in [0.25, 0.3) is 0 Å². The topological polar surface area (TPSA) is 121 Å². The molecule has 1 aliphatic carbocycles. The molecular formula is C16H21N5. The van der Waals surface area contributed by atoms with E-state index in [0.717, 1.165) is 19.3 Å². The first-order valence-electron chi connectivity index (χ1n) is 7.23. The first kappa shape index (κ1) is 17.0. The lowest BCUT2D eigenvalue weighted by molar-refractivity contribution is 0.141. The molecule has 2 N–H and O–H groups in total. The van der Waals surface area contributed by atoms with Crippen LogP contribution in [0.15, 0.2) is 0 Å². The Kier molecular flexibility index (Phi) is 5.32. The Hall–Kier alpha value is -2.08. The summed E-state index contributed by atoms with van der Waals surface area (Å²) in [5.41, 5.74) is 4.11. The van der Waals surface area contributed by atoms with E-state index in [1.54, 1.807) is 13.8 Å². The fraction of sp³-hybridized carbons (Fsp3) is 0.750. The number of rotatable bonds is 4. The number of nitrogens with two attached hydrogens (primary N) is 1. The van der Waals surface area contributed by atoms with Crippen molar-refractivity contribution in [3.05, 3.63) is 0 Å². The molecule has 0 amide bonds. The van der Waals surface area contributed by atoms with Gasteiger partial charge in [-0.25, -0.2) is 0 Å². The summed E-state index contributed by atoms with van der Waals surface area (Å²) in [6.45, 7) is 3.26. The molecule has 5 nitrogen and oxygen atoms in total. The first-order chi connectivity index (χ1) is 9.83. The minimum Gasteiger partial charge on any atom is -0.327 e. The van der Waals surface area contributed by atoms with Crippen LogP contribution < -0.4 is 5.73 Å². The smallest absolute Gasteiger partial charge is 0.141 e. The number of hydrogen-bond donors (Lipinski definition) is 1. The van der Waals surface area contributed by atoms with E-state index in [0.29, 0.717) is 12.8 Å². The van der Waals surface area contributed by atoms with Crippen LogP contribution in [0, 0.1) is 68.0 Å². The van der Waals surface area contributed by atoms with Crippen molar-refractivity contribution in [1.82, 2.24) is 0 Å². The van der Waals surface area contributed by atoms with Crippen LogP contribution in [0.3, 0.4) is 0 Å². The lowest BCUT2D eigenvalue weighted by Gasteiger charge is -2.39. The van der Waals surface area contributed by atoms with Crippen molar-refractivity contribution >= 4 is 0 Å². The molecule has 0 radical (unpaired) electrons. The average Bonchev–Trinajstić information content (AvgIpc) is 2.50. The van der Waals surface area contributed by atoms with E-state index in [2.05, 4.69) is 24.3 Å². The van der Waals surface area contributed by atoms with Crippen LogP contribution in [0.2, 0.25) is 0 Å². The van der Waals surface area contributed by atoms with Gasteiger partial charge in [-0.1, -0.05) is 6.42 Å². The predicted octanol–water partition coefficient (Wildman–Crippen LogP) is 2.62. The zero-order valence-electron chi connectivity index (χ0n) is 12.6. The van der Waals surface area contributed by atoms with Crippen LogP contribution in [-0.4, -0.2) is 6.04 Å². The van der Waals surface area contributed by atoms with Gasteiger partial charge in [0.1, 0.15) is 10.8 Å². The Morgan fingerprint density at radius 2 is 1.38 bits per heavy atom. The highest BCUT2D eigenvalue weighted by atomic mass is 14.7. The third kappa shape index (κ3) is 3.95. The lowest BCUT2D eigenvalue weighted by Crippen LogP contribution is -2.42. The monoisotopic (exact) mass is 283 g/mol. The second-order valence-electron chi connectivity index (χ2n) is 6.54. The highest BCUT2D eigenvalue weighted by Gasteiger charge is 2.40. The molecule has 0 aliphatic heterocycles. The van der Waals surface area contributed by atoms with Crippen LogP contribution in [0.4, 0.5) is 0 Å². The Balaban J connectivity index is 2.97. The van der Waals surface area contributed by atoms with Gasteiger partial charge < -0.3 is 5.73 Å². The molecule has 5 heteroatoms. The van der Waals surface area contributed by atoms with Gasteiger partial charge in [-0.05, 0) is 51.4 Å². The molecule has 110 valence electrons. The van der Waals surface area contributed by atoms with Crippen molar-refractivity contribution in [3.8, 4) is 24.3 Å². The van der Waals surface area contributed by atoms with Crippen LogP contribution in [-0.2, 0) is 0 Å². The first-order valence-corrected chi connectivity index (χ1v) is 7.23. The third-order valence-electron chi connectivity index (χ3n) is 4.57. The van der Waals surface area contributed by atoms with E-state index < -0.39 is 10.8 Å². The van der Waals surface area contributed by atoms with Crippen molar-refractivity contribution in [2.75, 3.05) is 0 Å². The average molecular weight is 283 g/mol. The molecule has 1 rings (SSSR count). The zero-order chi connectivity index (χ0) is 16.1. The van der Waals surface area contributed by atoms with Gasteiger partial charge in [-0.15, -0.1) is 0 Å². The van der Waals surface area contributed by atoms with Crippen molar-refractivity contribution < 1.29 is 0 Å². The van der Waals surface area contributed by atoms with E-state index in [-0.39, 0.29) is 17.9 Å². The van der Waals surface area contributed by atoms with Crippen molar-refractivity contribution in [3.63, 3.8) is 0 Å². The van der Waals surface area contributed by atoms with Crippen molar-refractivity contribution in [2.24, 2.45) is 28.4 Å². The minimum atomic E-state index is -1.06. The number of hydrogen-bond acceptors (Lipinski definition) is 5. The molecule has 1 aliphatic rings. The maximum atomic E-state index is 9.20. The number of nitriles is 4. The maximum absolute atomic E-state index is 9.20. The molecular weight excluding hydrogens is 262 g/mol. The lowest BCUT2D eigenvalue weighted by atomic mass is 9.65. The number of nitrogens with zero attached hydrogens (tertiary/aromatic N) is 4. The minimum absolute atomic E-state index is 0.00377. The quantitative estimate of drug-likeness (QED) is 0.849. The Labute approximate surface area is 126 Å². The van der Waals surface area contributed by atoms with E-state index in [1.807, 2.05) is 0 Å². The summed E-state index contributed by atoms with van der Waals surface area (Å²) in [5.74, 6) is 0.114. The molecule has 21 heavy (non-hydrogen) atoms. The zero-order valence-corrected chi connectivity index (χ0v) is 12.6. The molecule has 0 spiro atoms. The van der Waals surface area contributed by atoms with E-state index >= 15 is 0 Å². The van der Waals surface area contributed by atoms with Gasteiger partial charge >= 0.3 is 0 Å². The van der Waals surface area contributed by atoms with Gasteiger partial charge in [-0.3, -0.25) is 0 Å².